The van der Waals surface area contributed by atoms with Crippen LogP contribution < -0.4 is 9.47 Å². The summed E-state index contributed by atoms with van der Waals surface area (Å²) < 4.78 is 53.9. The molecule has 11 heteroatoms. The normalized spacial score (nSPS) is 16.1. The third-order valence-electron chi connectivity index (χ3n) is 6.74. The highest BCUT2D eigenvalue weighted by molar-refractivity contribution is 6.00. The first kappa shape index (κ1) is 24.2. The number of benzene rings is 2. The summed E-state index contributed by atoms with van der Waals surface area (Å²) in [6, 6.07) is 15.8. The molecule has 1 saturated heterocycles. The molecule has 2 aliphatic heterocycles. The molecule has 4 aromatic rings. The Labute approximate surface area is 216 Å². The Balaban J connectivity index is 1.30. The summed E-state index contributed by atoms with van der Waals surface area (Å²) in [7, 11) is 0. The molecule has 0 N–H and O–H groups in total. The maximum Gasteiger partial charge on any atom is 0.433 e. The van der Waals surface area contributed by atoms with Crippen molar-refractivity contribution in [3.05, 3.63) is 77.6 Å². The van der Waals surface area contributed by atoms with Crippen molar-refractivity contribution in [3.8, 4) is 22.8 Å². The molecule has 2 aromatic heterocycles. The molecule has 0 saturated carbocycles. The van der Waals surface area contributed by atoms with E-state index in [9.17, 15) is 18.0 Å². The minimum atomic E-state index is -4.71. The van der Waals surface area contributed by atoms with Crippen LogP contribution in [0, 0.1) is 0 Å². The van der Waals surface area contributed by atoms with Crippen LogP contribution in [0.25, 0.3) is 16.9 Å². The number of amides is 1. The molecule has 0 aliphatic carbocycles. The Morgan fingerprint density at radius 2 is 1.66 bits per heavy atom. The predicted molar refractivity (Wildman–Crippen MR) is 132 cm³/mol. The maximum atomic E-state index is 14.0. The third-order valence-corrected chi connectivity index (χ3v) is 6.74. The van der Waals surface area contributed by atoms with Gasteiger partial charge in [0.2, 0.25) is 0 Å². The Kier molecular flexibility index (Phi) is 6.15. The predicted octanol–water partition coefficient (Wildman–Crippen LogP) is 4.14. The molecule has 0 bridgehead atoms. The van der Waals surface area contributed by atoms with Gasteiger partial charge in [-0.3, -0.25) is 9.69 Å². The number of nitrogens with zero attached hydrogens (tertiary/aromatic N) is 5. The van der Waals surface area contributed by atoms with E-state index in [2.05, 4.69) is 27.1 Å². The minimum absolute atomic E-state index is 0.0337. The first-order valence-corrected chi connectivity index (χ1v) is 12.3. The number of hydrogen-bond acceptors (Lipinski definition) is 6. The van der Waals surface area contributed by atoms with E-state index >= 15 is 0 Å². The summed E-state index contributed by atoms with van der Waals surface area (Å²) in [5.41, 5.74) is 0.540. The number of carbonyl (C=O) groups excluding carboxylic acids is 1. The van der Waals surface area contributed by atoms with Gasteiger partial charge in [-0.05, 0) is 29.8 Å². The van der Waals surface area contributed by atoms with Crippen LogP contribution in [-0.2, 0) is 12.7 Å². The van der Waals surface area contributed by atoms with E-state index in [4.69, 9.17) is 9.47 Å². The van der Waals surface area contributed by atoms with Gasteiger partial charge in [-0.25, -0.2) is 9.50 Å². The second-order valence-electron chi connectivity index (χ2n) is 9.23. The summed E-state index contributed by atoms with van der Waals surface area (Å²) >= 11 is 0. The molecule has 0 atom stereocenters. The molecule has 196 valence electrons. The van der Waals surface area contributed by atoms with Crippen LogP contribution in [0.3, 0.4) is 0 Å². The summed E-state index contributed by atoms with van der Waals surface area (Å²) in [6.07, 6.45) is -3.54. The number of ether oxygens (including phenoxy) is 2. The highest BCUT2D eigenvalue weighted by Gasteiger charge is 2.36. The van der Waals surface area contributed by atoms with Gasteiger partial charge in [-0.15, -0.1) is 0 Å². The van der Waals surface area contributed by atoms with Crippen LogP contribution in [-0.4, -0.2) is 69.7 Å². The lowest BCUT2D eigenvalue weighted by atomic mass is 10.1. The molecule has 4 heterocycles. The number of hydrogen-bond donors (Lipinski definition) is 0. The average molecular weight is 524 g/mol. The molecule has 2 aromatic carbocycles. The molecular formula is C27H24F3N5O3. The van der Waals surface area contributed by atoms with Crippen molar-refractivity contribution in [1.29, 1.82) is 0 Å². The highest BCUT2D eigenvalue weighted by atomic mass is 19.4. The topological polar surface area (TPSA) is 72.2 Å². The quantitative estimate of drug-likeness (QED) is 0.401. The van der Waals surface area contributed by atoms with E-state index in [-0.39, 0.29) is 22.8 Å². The fourth-order valence-corrected chi connectivity index (χ4v) is 4.79. The largest absolute Gasteiger partial charge is 0.486 e. The molecule has 38 heavy (non-hydrogen) atoms. The fraction of sp³-hybridized carbons (Fsp3) is 0.296. The van der Waals surface area contributed by atoms with E-state index in [1.807, 2.05) is 18.2 Å². The molecule has 6 rings (SSSR count). The van der Waals surface area contributed by atoms with E-state index < -0.39 is 11.9 Å². The van der Waals surface area contributed by atoms with Crippen LogP contribution in [0.5, 0.6) is 11.5 Å². The SMILES string of the molecule is O=C(c1cnn2c(C(F)(F)F)cc(-c3ccc4c(c3)OCCO4)nc12)N1CCN(Cc2ccccc2)CC1. The van der Waals surface area contributed by atoms with E-state index in [0.717, 1.165) is 12.6 Å². The van der Waals surface area contributed by atoms with Gasteiger partial charge >= 0.3 is 6.18 Å². The maximum absolute atomic E-state index is 14.0. The highest BCUT2D eigenvalue weighted by Crippen LogP contribution is 2.37. The zero-order valence-electron chi connectivity index (χ0n) is 20.3. The van der Waals surface area contributed by atoms with E-state index in [1.165, 1.54) is 11.8 Å². The van der Waals surface area contributed by atoms with Gasteiger partial charge in [-0.1, -0.05) is 30.3 Å². The summed E-state index contributed by atoms with van der Waals surface area (Å²) in [5, 5.41) is 3.91. The summed E-state index contributed by atoms with van der Waals surface area (Å²) in [4.78, 5) is 21.8. The number of rotatable bonds is 4. The lowest BCUT2D eigenvalue weighted by molar-refractivity contribution is -0.142. The molecule has 0 radical (unpaired) electrons. The number of carbonyl (C=O) groups is 1. The Bertz CT molecular complexity index is 1480. The molecule has 1 amide bonds. The first-order chi connectivity index (χ1) is 18.4. The fourth-order valence-electron chi connectivity index (χ4n) is 4.79. The van der Waals surface area contributed by atoms with Gasteiger partial charge in [0.15, 0.2) is 22.8 Å². The molecule has 1 fully saturated rings. The number of fused-ring (bicyclic) bond motifs is 2. The van der Waals surface area contributed by atoms with Crippen molar-refractivity contribution in [2.75, 3.05) is 39.4 Å². The van der Waals surface area contributed by atoms with Gasteiger partial charge in [0.05, 0.1) is 11.9 Å². The molecular weight excluding hydrogens is 499 g/mol. The lowest BCUT2D eigenvalue weighted by Crippen LogP contribution is -2.48. The smallest absolute Gasteiger partial charge is 0.433 e. The Hall–Kier alpha value is -4.12. The van der Waals surface area contributed by atoms with Gasteiger partial charge in [0, 0.05) is 38.3 Å². The van der Waals surface area contributed by atoms with Crippen LogP contribution >= 0.6 is 0 Å². The van der Waals surface area contributed by atoms with Crippen molar-refractivity contribution >= 4 is 11.6 Å². The number of piperazine rings is 1. The Morgan fingerprint density at radius 3 is 2.39 bits per heavy atom. The van der Waals surface area contributed by atoms with Crippen molar-refractivity contribution in [1.82, 2.24) is 24.4 Å². The number of aromatic nitrogens is 3. The minimum Gasteiger partial charge on any atom is -0.486 e. The third kappa shape index (κ3) is 4.65. The van der Waals surface area contributed by atoms with Crippen LogP contribution in [0.2, 0.25) is 0 Å². The Morgan fingerprint density at radius 1 is 0.921 bits per heavy atom. The average Bonchev–Trinajstić information content (AvgIpc) is 3.36. The van der Waals surface area contributed by atoms with Crippen LogP contribution in [0.1, 0.15) is 21.6 Å². The number of halogens is 3. The first-order valence-electron chi connectivity index (χ1n) is 12.3. The van der Waals surface area contributed by atoms with Crippen LogP contribution in [0.15, 0.2) is 60.8 Å². The van der Waals surface area contributed by atoms with Gasteiger partial charge < -0.3 is 14.4 Å². The molecule has 2 aliphatic rings. The van der Waals surface area contributed by atoms with Gasteiger partial charge in [0.1, 0.15) is 18.8 Å². The van der Waals surface area contributed by atoms with Crippen molar-refractivity contribution in [2.24, 2.45) is 0 Å². The monoisotopic (exact) mass is 523 g/mol. The standard InChI is InChI=1S/C27H24F3N5O3/c28-27(29,30)24-15-21(19-6-7-22-23(14-19)38-13-12-37-22)32-25-20(16-31-35(24)25)26(36)34-10-8-33(9-11-34)17-18-4-2-1-3-5-18/h1-7,14-16H,8-13,17H2. The van der Waals surface area contributed by atoms with Gasteiger partial charge in [-0.2, -0.15) is 18.3 Å². The van der Waals surface area contributed by atoms with E-state index in [1.54, 1.807) is 23.1 Å². The van der Waals surface area contributed by atoms with Gasteiger partial charge in [0.25, 0.3) is 5.91 Å². The molecule has 0 spiro atoms. The summed E-state index contributed by atoms with van der Waals surface area (Å²) in [5.74, 6) is 0.560. The second-order valence-corrected chi connectivity index (χ2v) is 9.23. The zero-order valence-corrected chi connectivity index (χ0v) is 20.3. The lowest BCUT2D eigenvalue weighted by Gasteiger charge is -2.34. The van der Waals surface area contributed by atoms with Crippen molar-refractivity contribution in [3.63, 3.8) is 0 Å². The van der Waals surface area contributed by atoms with E-state index in [0.29, 0.717) is 61.0 Å². The van der Waals surface area contributed by atoms with Crippen LogP contribution in [0.4, 0.5) is 13.2 Å². The van der Waals surface area contributed by atoms with Crippen molar-refractivity contribution < 1.29 is 27.4 Å². The number of alkyl halides is 3. The molecule has 8 nitrogen and oxygen atoms in total. The molecule has 0 unspecified atom stereocenters. The summed E-state index contributed by atoms with van der Waals surface area (Å²) in [6.45, 7) is 3.74. The second kappa shape index (κ2) is 9.64. The van der Waals surface area contributed by atoms with Crippen molar-refractivity contribution in [2.45, 2.75) is 12.7 Å². The zero-order chi connectivity index (χ0) is 26.3.